The minimum atomic E-state index is -0.889. The highest BCUT2D eigenvalue weighted by Gasteiger charge is 2.04. The van der Waals surface area contributed by atoms with Crippen LogP contribution in [0.5, 0.6) is 0 Å². The summed E-state index contributed by atoms with van der Waals surface area (Å²) >= 11 is 0. The number of hydrogen-bond acceptors (Lipinski definition) is 2. The van der Waals surface area contributed by atoms with Crippen LogP contribution in [-0.2, 0) is 9.53 Å². The molecule has 0 saturated carbocycles. The molecule has 0 saturated heterocycles. The maximum atomic E-state index is 10.2. The van der Waals surface area contributed by atoms with Crippen molar-refractivity contribution in [1.82, 2.24) is 0 Å². The summed E-state index contributed by atoms with van der Waals surface area (Å²) in [4.78, 5) is 10.2. The van der Waals surface area contributed by atoms with Gasteiger partial charge in [0.1, 0.15) is 6.61 Å². The second-order valence-corrected chi connectivity index (χ2v) is 3.36. The zero-order valence-electron chi connectivity index (χ0n) is 8.58. The summed E-state index contributed by atoms with van der Waals surface area (Å²) in [6.45, 7) is 3.92. The zero-order valence-corrected chi connectivity index (χ0v) is 8.58. The molecule has 3 nitrogen and oxygen atoms in total. The number of aliphatic carboxylic acids is 1. The molecule has 0 aliphatic carbocycles. The largest absolute Gasteiger partial charge is 0.480 e. The highest BCUT2D eigenvalue weighted by atomic mass is 16.5. The van der Waals surface area contributed by atoms with Gasteiger partial charge in [-0.15, -0.1) is 0 Å². The fourth-order valence-corrected chi connectivity index (χ4v) is 1.16. The number of carboxylic acids is 1. The summed E-state index contributed by atoms with van der Waals surface area (Å²) in [6.07, 6.45) is 5.88. The van der Waals surface area contributed by atoms with Crippen LogP contribution in [0, 0.1) is 0 Å². The molecule has 0 heterocycles. The van der Waals surface area contributed by atoms with E-state index in [0.29, 0.717) is 0 Å². The third kappa shape index (κ3) is 9.34. The number of hydrogen-bond donors (Lipinski definition) is 1. The Bertz CT molecular complexity index is 134. The Balaban J connectivity index is 3.19. The Morgan fingerprint density at radius 1 is 1.38 bits per heavy atom. The van der Waals surface area contributed by atoms with Gasteiger partial charge in [0.15, 0.2) is 0 Å². The van der Waals surface area contributed by atoms with E-state index in [2.05, 4.69) is 6.92 Å². The van der Waals surface area contributed by atoms with Gasteiger partial charge in [-0.3, -0.25) is 0 Å². The molecule has 0 bridgehead atoms. The smallest absolute Gasteiger partial charge is 0.329 e. The van der Waals surface area contributed by atoms with Crippen LogP contribution < -0.4 is 0 Å². The molecule has 1 atom stereocenters. The van der Waals surface area contributed by atoms with Crippen molar-refractivity contribution < 1.29 is 14.6 Å². The van der Waals surface area contributed by atoms with Crippen molar-refractivity contribution in [1.29, 1.82) is 0 Å². The average Bonchev–Trinajstić information content (AvgIpc) is 2.09. The predicted octanol–water partition coefficient (Wildman–Crippen LogP) is 2.45. The van der Waals surface area contributed by atoms with Crippen molar-refractivity contribution in [2.24, 2.45) is 0 Å². The first-order valence-corrected chi connectivity index (χ1v) is 5.00. The standard InChI is InChI=1S/C10H20O3/c1-3-4-5-6-7-9(2)13-8-10(11)12/h9H,3-8H2,1-2H3,(H,11,12). The van der Waals surface area contributed by atoms with E-state index in [9.17, 15) is 4.79 Å². The lowest BCUT2D eigenvalue weighted by atomic mass is 10.1. The van der Waals surface area contributed by atoms with Gasteiger partial charge in [0.2, 0.25) is 0 Å². The monoisotopic (exact) mass is 188 g/mol. The van der Waals surface area contributed by atoms with Gasteiger partial charge < -0.3 is 9.84 Å². The summed E-state index contributed by atoms with van der Waals surface area (Å²) < 4.78 is 5.08. The lowest BCUT2D eigenvalue weighted by Crippen LogP contribution is -2.14. The quantitative estimate of drug-likeness (QED) is 0.595. The lowest BCUT2D eigenvalue weighted by Gasteiger charge is -2.10. The molecule has 0 spiro atoms. The molecule has 13 heavy (non-hydrogen) atoms. The summed E-state index contributed by atoms with van der Waals surface area (Å²) in [5.41, 5.74) is 0. The number of unbranched alkanes of at least 4 members (excludes halogenated alkanes) is 3. The highest BCUT2D eigenvalue weighted by molar-refractivity contribution is 5.68. The maximum absolute atomic E-state index is 10.2. The Morgan fingerprint density at radius 2 is 2.08 bits per heavy atom. The van der Waals surface area contributed by atoms with Gasteiger partial charge in [-0.05, 0) is 13.3 Å². The van der Waals surface area contributed by atoms with Crippen LogP contribution in [0.25, 0.3) is 0 Å². The topological polar surface area (TPSA) is 46.5 Å². The van der Waals surface area contributed by atoms with Crippen molar-refractivity contribution in [3.05, 3.63) is 0 Å². The van der Waals surface area contributed by atoms with Gasteiger partial charge in [0.05, 0.1) is 6.10 Å². The first-order chi connectivity index (χ1) is 6.16. The van der Waals surface area contributed by atoms with E-state index in [-0.39, 0.29) is 12.7 Å². The van der Waals surface area contributed by atoms with E-state index >= 15 is 0 Å². The van der Waals surface area contributed by atoms with Crippen LogP contribution in [-0.4, -0.2) is 23.8 Å². The minimum absolute atomic E-state index is 0.0768. The Labute approximate surface area is 80.1 Å². The number of ether oxygens (including phenoxy) is 1. The lowest BCUT2D eigenvalue weighted by molar-refractivity contribution is -0.144. The van der Waals surface area contributed by atoms with Gasteiger partial charge in [0, 0.05) is 0 Å². The fourth-order valence-electron chi connectivity index (χ4n) is 1.16. The van der Waals surface area contributed by atoms with Gasteiger partial charge in [0.25, 0.3) is 0 Å². The van der Waals surface area contributed by atoms with Gasteiger partial charge >= 0.3 is 5.97 Å². The van der Waals surface area contributed by atoms with Crippen LogP contribution in [0.3, 0.4) is 0 Å². The van der Waals surface area contributed by atoms with Crippen molar-refractivity contribution in [2.75, 3.05) is 6.61 Å². The molecule has 0 fully saturated rings. The molecule has 0 amide bonds. The van der Waals surface area contributed by atoms with E-state index in [1.165, 1.54) is 19.3 Å². The van der Waals surface area contributed by atoms with Crippen molar-refractivity contribution in [3.63, 3.8) is 0 Å². The zero-order chi connectivity index (χ0) is 10.1. The van der Waals surface area contributed by atoms with Gasteiger partial charge in [-0.2, -0.15) is 0 Å². The third-order valence-electron chi connectivity index (χ3n) is 1.96. The normalized spacial score (nSPS) is 12.8. The van der Waals surface area contributed by atoms with Crippen LogP contribution >= 0.6 is 0 Å². The molecule has 0 aliphatic heterocycles. The minimum Gasteiger partial charge on any atom is -0.480 e. The molecular formula is C10H20O3. The van der Waals surface area contributed by atoms with Gasteiger partial charge in [-0.1, -0.05) is 32.6 Å². The molecule has 0 rings (SSSR count). The number of carbonyl (C=O) groups is 1. The van der Waals surface area contributed by atoms with Crippen molar-refractivity contribution in [3.8, 4) is 0 Å². The second kappa shape index (κ2) is 8.05. The number of carboxylic acid groups (broad SMARTS) is 1. The summed E-state index contributed by atoms with van der Waals surface area (Å²) in [5, 5.41) is 8.35. The summed E-state index contributed by atoms with van der Waals surface area (Å²) in [6, 6.07) is 0. The Hall–Kier alpha value is -0.570. The molecule has 78 valence electrons. The van der Waals surface area contributed by atoms with Crippen LogP contribution in [0.15, 0.2) is 0 Å². The SMILES string of the molecule is CCCCCCC(C)OCC(=O)O. The van der Waals surface area contributed by atoms with E-state index in [1.54, 1.807) is 0 Å². The molecule has 0 aromatic heterocycles. The van der Waals surface area contributed by atoms with E-state index in [0.717, 1.165) is 12.8 Å². The molecule has 3 heteroatoms. The first-order valence-electron chi connectivity index (χ1n) is 5.00. The first kappa shape index (κ1) is 12.4. The number of rotatable bonds is 8. The van der Waals surface area contributed by atoms with Crippen molar-refractivity contribution >= 4 is 5.97 Å². The molecule has 1 unspecified atom stereocenters. The second-order valence-electron chi connectivity index (χ2n) is 3.36. The van der Waals surface area contributed by atoms with E-state index in [1.807, 2.05) is 6.92 Å². The Morgan fingerprint density at radius 3 is 2.62 bits per heavy atom. The molecule has 1 N–H and O–H groups in total. The molecule has 0 aromatic rings. The van der Waals surface area contributed by atoms with E-state index < -0.39 is 5.97 Å². The maximum Gasteiger partial charge on any atom is 0.329 e. The predicted molar refractivity (Wildman–Crippen MR) is 51.8 cm³/mol. The average molecular weight is 188 g/mol. The molecule has 0 aromatic carbocycles. The third-order valence-corrected chi connectivity index (χ3v) is 1.96. The fraction of sp³-hybridized carbons (Fsp3) is 0.900. The summed E-state index contributed by atoms with van der Waals surface area (Å²) in [5.74, 6) is -0.889. The van der Waals surface area contributed by atoms with Crippen LogP contribution in [0.1, 0.15) is 46.0 Å². The Kier molecular flexibility index (Phi) is 7.69. The van der Waals surface area contributed by atoms with E-state index in [4.69, 9.17) is 9.84 Å². The molecule has 0 aliphatic rings. The molecule has 0 radical (unpaired) electrons. The highest BCUT2D eigenvalue weighted by Crippen LogP contribution is 2.07. The van der Waals surface area contributed by atoms with Crippen molar-refractivity contribution in [2.45, 2.75) is 52.1 Å². The van der Waals surface area contributed by atoms with Crippen LogP contribution in [0.4, 0.5) is 0 Å². The molecular weight excluding hydrogens is 168 g/mol. The van der Waals surface area contributed by atoms with Gasteiger partial charge in [-0.25, -0.2) is 4.79 Å². The summed E-state index contributed by atoms with van der Waals surface area (Å²) in [7, 11) is 0. The van der Waals surface area contributed by atoms with Crippen LogP contribution in [0.2, 0.25) is 0 Å².